The van der Waals surface area contributed by atoms with Crippen LogP contribution in [0.3, 0.4) is 0 Å². The lowest BCUT2D eigenvalue weighted by molar-refractivity contribution is -0.166. The largest absolute Gasteiger partial charge is 0.390 e. The molecule has 3 heterocycles. The zero-order valence-electron chi connectivity index (χ0n) is 22.6. The van der Waals surface area contributed by atoms with Crippen molar-refractivity contribution < 1.29 is 14.7 Å². The van der Waals surface area contributed by atoms with Crippen molar-refractivity contribution in [2.24, 2.45) is 5.92 Å². The van der Waals surface area contributed by atoms with E-state index < -0.39 is 17.7 Å². The molecule has 1 aromatic rings. The number of carbonyl (C=O) groups excluding carboxylic acids is 2. The summed E-state index contributed by atoms with van der Waals surface area (Å²) in [6.07, 6.45) is 7.52. The Kier molecular flexibility index (Phi) is 9.86. The lowest BCUT2D eigenvalue weighted by atomic mass is 9.78. The quantitative estimate of drug-likeness (QED) is 0.545. The Hall–Kier alpha value is -1.64. The normalized spacial score (nSPS) is 24.0. The number of nitrogens with one attached hydrogen (secondary N) is 1. The smallest absolute Gasteiger partial charge is 0.248 e. The standard InChI is InChI=1S/C27H45N5O3.ClH/c1-5-7-15-31-25(34)23(24(33)21-11-9-8-10-12-21)28-26(35)27(31)13-16-30(17-14-27)18-22-19(3)29-32(6-2)20(22)4;/h21,23-24,33H,5-18H2,1-4H3,(H,28,35);1H/t23-,24-;/m1./s1. The molecule has 3 fully saturated rings. The summed E-state index contributed by atoms with van der Waals surface area (Å²) in [5.74, 6) is -0.0585. The summed E-state index contributed by atoms with van der Waals surface area (Å²) in [5, 5.41) is 18.8. The number of piperazine rings is 1. The van der Waals surface area contributed by atoms with E-state index in [2.05, 4.69) is 43.0 Å². The van der Waals surface area contributed by atoms with Crippen LogP contribution in [0.5, 0.6) is 0 Å². The van der Waals surface area contributed by atoms with Crippen LogP contribution in [-0.4, -0.2) is 73.8 Å². The van der Waals surface area contributed by atoms with Gasteiger partial charge in [0.2, 0.25) is 11.8 Å². The third kappa shape index (κ3) is 5.46. The zero-order valence-corrected chi connectivity index (χ0v) is 23.4. The first-order valence-corrected chi connectivity index (χ1v) is 13.9. The van der Waals surface area contributed by atoms with Gasteiger partial charge in [0.1, 0.15) is 11.6 Å². The zero-order chi connectivity index (χ0) is 25.2. The maximum atomic E-state index is 13.8. The van der Waals surface area contributed by atoms with Gasteiger partial charge >= 0.3 is 0 Å². The molecule has 0 unspecified atom stereocenters. The summed E-state index contributed by atoms with van der Waals surface area (Å²) in [6, 6.07) is -0.809. The monoisotopic (exact) mass is 523 g/mol. The maximum Gasteiger partial charge on any atom is 0.248 e. The molecule has 2 amide bonds. The Morgan fingerprint density at radius 3 is 2.36 bits per heavy atom. The van der Waals surface area contributed by atoms with Gasteiger partial charge in [-0.25, -0.2) is 0 Å². The van der Waals surface area contributed by atoms with Crippen molar-refractivity contribution in [1.82, 2.24) is 24.9 Å². The molecule has 1 spiro atoms. The van der Waals surface area contributed by atoms with Crippen LogP contribution in [0.25, 0.3) is 0 Å². The highest BCUT2D eigenvalue weighted by Crippen LogP contribution is 2.36. The van der Waals surface area contributed by atoms with Gasteiger partial charge in [-0.15, -0.1) is 12.4 Å². The van der Waals surface area contributed by atoms with Gasteiger partial charge in [0.05, 0.1) is 11.8 Å². The first-order valence-electron chi connectivity index (χ1n) is 13.9. The van der Waals surface area contributed by atoms with Crippen molar-refractivity contribution in [3.8, 4) is 0 Å². The van der Waals surface area contributed by atoms with E-state index in [0.29, 0.717) is 19.4 Å². The van der Waals surface area contributed by atoms with E-state index in [9.17, 15) is 14.7 Å². The van der Waals surface area contributed by atoms with Crippen molar-refractivity contribution >= 4 is 24.2 Å². The summed E-state index contributed by atoms with van der Waals surface area (Å²) in [4.78, 5) is 31.7. The number of aliphatic hydroxyl groups excluding tert-OH is 1. The summed E-state index contributed by atoms with van der Waals surface area (Å²) in [6.45, 7) is 12.2. The van der Waals surface area contributed by atoms with Gasteiger partial charge in [-0.05, 0) is 58.8 Å². The highest BCUT2D eigenvalue weighted by molar-refractivity contribution is 6.00. The molecule has 9 heteroatoms. The first kappa shape index (κ1) is 28.9. The van der Waals surface area contributed by atoms with Crippen molar-refractivity contribution in [2.45, 2.75) is 116 Å². The second kappa shape index (κ2) is 12.3. The number of halogens is 1. The van der Waals surface area contributed by atoms with Gasteiger partial charge in [0.15, 0.2) is 0 Å². The summed E-state index contributed by atoms with van der Waals surface area (Å²) in [7, 11) is 0. The number of rotatable bonds is 8. The lowest BCUT2D eigenvalue weighted by Gasteiger charge is -2.52. The van der Waals surface area contributed by atoms with Crippen LogP contribution in [0.2, 0.25) is 0 Å². The number of aryl methyl sites for hydroxylation is 2. The van der Waals surface area contributed by atoms with Crippen LogP contribution < -0.4 is 5.32 Å². The lowest BCUT2D eigenvalue weighted by Crippen LogP contribution is -2.75. The minimum Gasteiger partial charge on any atom is -0.390 e. The molecule has 0 aromatic carbocycles. The predicted molar refractivity (Wildman–Crippen MR) is 143 cm³/mol. The number of aromatic nitrogens is 2. The van der Waals surface area contributed by atoms with Crippen LogP contribution in [0, 0.1) is 19.8 Å². The highest BCUT2D eigenvalue weighted by Gasteiger charge is 2.55. The van der Waals surface area contributed by atoms with E-state index in [4.69, 9.17) is 0 Å². The molecule has 3 aliphatic rings. The molecule has 4 rings (SSSR count). The molecule has 2 N–H and O–H groups in total. The Labute approximate surface area is 222 Å². The number of nitrogens with zero attached hydrogens (tertiary/aromatic N) is 4. The van der Waals surface area contributed by atoms with E-state index >= 15 is 0 Å². The second-order valence-electron chi connectivity index (χ2n) is 11.0. The number of piperidine rings is 1. The molecule has 1 aliphatic carbocycles. The number of amides is 2. The van der Waals surface area contributed by atoms with Crippen LogP contribution in [0.15, 0.2) is 0 Å². The topological polar surface area (TPSA) is 90.7 Å². The number of hydrogen-bond acceptors (Lipinski definition) is 5. The summed E-state index contributed by atoms with van der Waals surface area (Å²) < 4.78 is 2.05. The Bertz CT molecular complexity index is 905. The summed E-state index contributed by atoms with van der Waals surface area (Å²) >= 11 is 0. The average Bonchev–Trinajstić information content (AvgIpc) is 3.15. The van der Waals surface area contributed by atoms with Crippen LogP contribution in [0.4, 0.5) is 0 Å². The third-order valence-electron chi connectivity index (χ3n) is 8.86. The Morgan fingerprint density at radius 1 is 1.11 bits per heavy atom. The number of hydrogen-bond donors (Lipinski definition) is 2. The van der Waals surface area contributed by atoms with Gasteiger partial charge in [0, 0.05) is 44.0 Å². The van der Waals surface area contributed by atoms with Crippen molar-refractivity contribution in [1.29, 1.82) is 0 Å². The average molecular weight is 524 g/mol. The Morgan fingerprint density at radius 2 is 1.78 bits per heavy atom. The number of aliphatic hydroxyl groups is 1. The maximum absolute atomic E-state index is 13.8. The van der Waals surface area contributed by atoms with Gasteiger partial charge in [-0.1, -0.05) is 32.6 Å². The molecule has 0 radical (unpaired) electrons. The first-order chi connectivity index (χ1) is 16.8. The molecule has 1 saturated carbocycles. The van der Waals surface area contributed by atoms with Crippen molar-refractivity contribution in [3.05, 3.63) is 17.0 Å². The predicted octanol–water partition coefficient (Wildman–Crippen LogP) is 3.34. The van der Waals surface area contributed by atoms with Gasteiger partial charge in [-0.3, -0.25) is 19.2 Å². The molecule has 0 bridgehead atoms. The van der Waals surface area contributed by atoms with Gasteiger partial charge in [-0.2, -0.15) is 5.10 Å². The third-order valence-corrected chi connectivity index (χ3v) is 8.86. The summed E-state index contributed by atoms with van der Waals surface area (Å²) in [5.41, 5.74) is 2.74. The van der Waals surface area contributed by atoms with E-state index in [1.807, 2.05) is 9.58 Å². The molecule has 1 aromatic heterocycles. The van der Waals surface area contributed by atoms with Crippen molar-refractivity contribution in [2.75, 3.05) is 19.6 Å². The molecule has 36 heavy (non-hydrogen) atoms. The molecule has 8 nitrogen and oxygen atoms in total. The number of unbranched alkanes of at least 4 members (excludes halogenated alkanes) is 1. The van der Waals surface area contributed by atoms with Crippen LogP contribution in [-0.2, 0) is 22.7 Å². The fourth-order valence-electron chi connectivity index (χ4n) is 6.53. The molecule has 2 atom stereocenters. The minimum atomic E-state index is -0.809. The molecule has 2 saturated heterocycles. The fourth-order valence-corrected chi connectivity index (χ4v) is 6.53. The van der Waals surface area contributed by atoms with Crippen LogP contribution in [0.1, 0.15) is 88.6 Å². The minimum absolute atomic E-state index is 0. The van der Waals surface area contributed by atoms with E-state index in [-0.39, 0.29) is 30.1 Å². The number of carbonyl (C=O) groups is 2. The number of likely N-dealkylation sites (tertiary alicyclic amines) is 1. The van der Waals surface area contributed by atoms with E-state index in [1.165, 1.54) is 17.7 Å². The van der Waals surface area contributed by atoms with Gasteiger partial charge in [0.25, 0.3) is 0 Å². The van der Waals surface area contributed by atoms with Gasteiger partial charge < -0.3 is 15.3 Å². The SMILES string of the molecule is CCCCN1C(=O)[C@@H]([C@H](O)C2CCCCC2)NC(=O)C12CCN(Cc1c(C)nn(CC)c1C)CC2.Cl. The van der Waals surface area contributed by atoms with E-state index in [1.54, 1.807) is 0 Å². The Balaban J connectivity index is 0.00000361. The van der Waals surface area contributed by atoms with E-state index in [0.717, 1.165) is 70.4 Å². The highest BCUT2D eigenvalue weighted by atomic mass is 35.5. The van der Waals surface area contributed by atoms with Crippen molar-refractivity contribution in [3.63, 3.8) is 0 Å². The molecule has 204 valence electrons. The molecular weight excluding hydrogens is 478 g/mol. The van der Waals surface area contributed by atoms with Crippen LogP contribution >= 0.6 is 12.4 Å². The molecule has 2 aliphatic heterocycles. The second-order valence-corrected chi connectivity index (χ2v) is 11.0. The fraction of sp³-hybridized carbons (Fsp3) is 0.815. The molecular formula is C27H46ClN5O3.